The quantitative estimate of drug-likeness (QED) is 0.559. The number of pyridine rings is 1. The summed E-state index contributed by atoms with van der Waals surface area (Å²) in [4.78, 5) is 14.8. The van der Waals surface area contributed by atoms with Gasteiger partial charge in [-0.1, -0.05) is 0 Å². The maximum Gasteiger partial charge on any atom is 0.200 e. The Hall–Kier alpha value is -3.13. The van der Waals surface area contributed by atoms with Crippen LogP contribution in [0, 0.1) is 0 Å². The van der Waals surface area contributed by atoms with E-state index in [-0.39, 0.29) is 6.04 Å². The highest BCUT2D eigenvalue weighted by molar-refractivity contribution is 5.83. The zero-order valence-corrected chi connectivity index (χ0v) is 16.0. The normalized spacial score (nSPS) is 22.8. The summed E-state index contributed by atoms with van der Waals surface area (Å²) >= 11 is 0. The molecule has 2 atom stereocenters. The number of aromatic nitrogens is 4. The number of aromatic amines is 2. The second kappa shape index (κ2) is 6.20. The molecule has 0 spiro atoms. The monoisotopic (exact) mass is 376 g/mol. The number of hydrogen-bond donors (Lipinski definition) is 4. The summed E-state index contributed by atoms with van der Waals surface area (Å²) in [5, 5.41) is 10.8. The smallest absolute Gasteiger partial charge is 0.200 e. The SMILES string of the molecule is C[C@@H](c1ccc2[nH]ccc2n1)N(C)C1=NC(N)(c2cc(C3CC3)[nH]n2)C=CN1. The van der Waals surface area contributed by atoms with E-state index in [0.717, 1.165) is 28.1 Å². The Bertz CT molecular complexity index is 1070. The van der Waals surface area contributed by atoms with Crippen molar-refractivity contribution >= 4 is 17.0 Å². The van der Waals surface area contributed by atoms with Crippen LogP contribution in [0.2, 0.25) is 0 Å². The summed E-state index contributed by atoms with van der Waals surface area (Å²) in [7, 11) is 1.99. The van der Waals surface area contributed by atoms with Crippen molar-refractivity contribution < 1.29 is 0 Å². The van der Waals surface area contributed by atoms with Crippen molar-refractivity contribution in [1.82, 2.24) is 30.4 Å². The minimum atomic E-state index is -0.990. The number of H-pyrrole nitrogens is 2. The first kappa shape index (κ1) is 17.0. The molecule has 3 aromatic rings. The molecule has 1 unspecified atom stereocenters. The lowest BCUT2D eigenvalue weighted by Crippen LogP contribution is -2.46. The Morgan fingerprint density at radius 2 is 2.14 bits per heavy atom. The predicted octanol–water partition coefficient (Wildman–Crippen LogP) is 2.44. The van der Waals surface area contributed by atoms with E-state index in [1.54, 1.807) is 0 Å². The van der Waals surface area contributed by atoms with Crippen molar-refractivity contribution in [3.05, 3.63) is 59.8 Å². The molecule has 5 N–H and O–H groups in total. The van der Waals surface area contributed by atoms with Gasteiger partial charge in [0.1, 0.15) is 5.69 Å². The summed E-state index contributed by atoms with van der Waals surface area (Å²) in [6.07, 6.45) is 8.00. The summed E-state index contributed by atoms with van der Waals surface area (Å²) in [5.41, 5.74) is 10.4. The van der Waals surface area contributed by atoms with E-state index in [9.17, 15) is 0 Å². The van der Waals surface area contributed by atoms with Crippen molar-refractivity contribution in [1.29, 1.82) is 0 Å². The molecule has 1 saturated carbocycles. The molecular formula is C20H24N8. The first-order chi connectivity index (χ1) is 13.5. The highest BCUT2D eigenvalue weighted by Gasteiger charge is 2.34. The molecule has 0 aromatic carbocycles. The topological polar surface area (TPSA) is 111 Å². The van der Waals surface area contributed by atoms with Gasteiger partial charge in [-0.3, -0.25) is 10.8 Å². The molecule has 0 bridgehead atoms. The van der Waals surface area contributed by atoms with E-state index in [2.05, 4.69) is 27.4 Å². The third-order valence-corrected chi connectivity index (χ3v) is 5.64. The van der Waals surface area contributed by atoms with E-state index in [0.29, 0.717) is 11.9 Å². The summed E-state index contributed by atoms with van der Waals surface area (Å²) in [5.74, 6) is 1.28. The number of nitrogens with one attached hydrogen (secondary N) is 3. The molecule has 0 saturated heterocycles. The standard InChI is InChI=1S/C20H24N8/c1-12(14-5-6-15-16(24-14)7-9-22-15)28(2)19-23-10-8-20(21,25-19)18-11-17(26-27-18)13-3-4-13/h5-13,22H,3-4,21H2,1-2H3,(H,23,25)(H,26,27)/t12-,20?/m0/s1. The van der Waals surface area contributed by atoms with Crippen molar-refractivity contribution in [3.63, 3.8) is 0 Å². The highest BCUT2D eigenvalue weighted by Crippen LogP contribution is 2.40. The minimum Gasteiger partial charge on any atom is -0.360 e. The molecule has 0 radical (unpaired) electrons. The van der Waals surface area contributed by atoms with E-state index < -0.39 is 5.66 Å². The van der Waals surface area contributed by atoms with Crippen LogP contribution in [0.1, 0.15) is 48.8 Å². The maximum absolute atomic E-state index is 6.60. The molecule has 1 aliphatic heterocycles. The van der Waals surface area contributed by atoms with Gasteiger partial charge in [-0.2, -0.15) is 5.10 Å². The lowest BCUT2D eigenvalue weighted by atomic mass is 10.1. The number of fused-ring (bicyclic) bond motifs is 1. The van der Waals surface area contributed by atoms with Gasteiger partial charge in [0.15, 0.2) is 5.66 Å². The van der Waals surface area contributed by atoms with Crippen LogP contribution in [0.25, 0.3) is 11.0 Å². The number of nitrogens with two attached hydrogens (primary N) is 1. The van der Waals surface area contributed by atoms with E-state index in [1.807, 2.05) is 54.7 Å². The second-order valence-electron chi connectivity index (χ2n) is 7.65. The lowest BCUT2D eigenvalue weighted by Gasteiger charge is -2.32. The number of nitrogens with zero attached hydrogens (tertiary/aromatic N) is 4. The van der Waals surface area contributed by atoms with Crippen LogP contribution in [0.5, 0.6) is 0 Å². The van der Waals surface area contributed by atoms with E-state index >= 15 is 0 Å². The first-order valence-corrected chi connectivity index (χ1v) is 9.59. The largest absolute Gasteiger partial charge is 0.360 e. The summed E-state index contributed by atoms with van der Waals surface area (Å²) in [6.45, 7) is 2.10. The highest BCUT2D eigenvalue weighted by atomic mass is 15.3. The van der Waals surface area contributed by atoms with Gasteiger partial charge in [-0.05, 0) is 50.1 Å². The number of aliphatic imine (C=N–C) groups is 1. The minimum absolute atomic E-state index is 0.0162. The molecule has 8 nitrogen and oxygen atoms in total. The fourth-order valence-corrected chi connectivity index (χ4v) is 3.52. The van der Waals surface area contributed by atoms with Crippen LogP contribution in [0.3, 0.4) is 0 Å². The van der Waals surface area contributed by atoms with Gasteiger partial charge in [0.05, 0.1) is 22.8 Å². The maximum atomic E-state index is 6.60. The molecule has 28 heavy (non-hydrogen) atoms. The first-order valence-electron chi connectivity index (χ1n) is 9.59. The number of guanidine groups is 1. The van der Waals surface area contributed by atoms with Crippen LogP contribution in [-0.2, 0) is 5.66 Å². The van der Waals surface area contributed by atoms with Crippen molar-refractivity contribution in [3.8, 4) is 0 Å². The van der Waals surface area contributed by atoms with E-state index in [4.69, 9.17) is 15.7 Å². The zero-order valence-electron chi connectivity index (χ0n) is 16.0. The average molecular weight is 376 g/mol. The lowest BCUT2D eigenvalue weighted by molar-refractivity contribution is 0.374. The molecule has 3 aromatic heterocycles. The second-order valence-corrected chi connectivity index (χ2v) is 7.65. The Morgan fingerprint density at radius 3 is 2.96 bits per heavy atom. The predicted molar refractivity (Wildman–Crippen MR) is 108 cm³/mol. The molecule has 2 aliphatic rings. The van der Waals surface area contributed by atoms with Crippen LogP contribution in [-0.4, -0.2) is 38.1 Å². The van der Waals surface area contributed by atoms with Gasteiger partial charge in [0, 0.05) is 31.1 Å². The third-order valence-electron chi connectivity index (χ3n) is 5.64. The van der Waals surface area contributed by atoms with Gasteiger partial charge in [-0.15, -0.1) is 0 Å². The Balaban J connectivity index is 1.42. The molecule has 1 aliphatic carbocycles. The molecule has 144 valence electrons. The molecule has 0 amide bonds. The Kier molecular flexibility index (Phi) is 3.77. The van der Waals surface area contributed by atoms with Gasteiger partial charge in [-0.25, -0.2) is 9.98 Å². The fourth-order valence-electron chi connectivity index (χ4n) is 3.52. The van der Waals surface area contributed by atoms with Gasteiger partial charge < -0.3 is 15.2 Å². The zero-order chi connectivity index (χ0) is 19.3. The average Bonchev–Trinajstić information content (AvgIpc) is 3.24. The van der Waals surface area contributed by atoms with Gasteiger partial charge >= 0.3 is 0 Å². The fraction of sp³-hybridized carbons (Fsp3) is 0.350. The van der Waals surface area contributed by atoms with Gasteiger partial charge in [0.2, 0.25) is 5.96 Å². The van der Waals surface area contributed by atoms with Crippen LogP contribution in [0.4, 0.5) is 0 Å². The molecule has 5 rings (SSSR count). The third kappa shape index (κ3) is 2.86. The Labute approximate surface area is 162 Å². The van der Waals surface area contributed by atoms with Crippen LogP contribution in [0.15, 0.2) is 47.7 Å². The molecule has 8 heteroatoms. The molecule has 1 fully saturated rings. The van der Waals surface area contributed by atoms with E-state index in [1.165, 1.54) is 12.8 Å². The molecule has 4 heterocycles. The Morgan fingerprint density at radius 1 is 1.29 bits per heavy atom. The van der Waals surface area contributed by atoms with Crippen molar-refractivity contribution in [2.75, 3.05) is 7.05 Å². The summed E-state index contributed by atoms with van der Waals surface area (Å²) < 4.78 is 0. The van der Waals surface area contributed by atoms with Crippen LogP contribution >= 0.6 is 0 Å². The number of rotatable bonds is 4. The van der Waals surface area contributed by atoms with Crippen molar-refractivity contribution in [2.45, 2.75) is 37.4 Å². The number of hydrogen-bond acceptors (Lipinski definition) is 6. The molecular weight excluding hydrogens is 352 g/mol. The van der Waals surface area contributed by atoms with Gasteiger partial charge in [0.25, 0.3) is 0 Å². The van der Waals surface area contributed by atoms with Crippen LogP contribution < -0.4 is 11.1 Å². The van der Waals surface area contributed by atoms with Crippen molar-refractivity contribution in [2.24, 2.45) is 10.7 Å². The summed E-state index contributed by atoms with van der Waals surface area (Å²) in [6, 6.07) is 8.12.